The Morgan fingerprint density at radius 3 is 2.43 bits per heavy atom. The molecular weight excluding hydrogens is 346 g/mol. The molecule has 2 aromatic heterocycles. The Hall–Kier alpha value is -2.95. The first-order valence-corrected chi connectivity index (χ1v) is 10.1. The van der Waals surface area contributed by atoms with Gasteiger partial charge in [-0.15, -0.1) is 0 Å². The fourth-order valence-electron chi connectivity index (χ4n) is 3.86. The van der Waals surface area contributed by atoms with Crippen LogP contribution < -0.4 is 10.6 Å². The van der Waals surface area contributed by atoms with Crippen molar-refractivity contribution in [3.63, 3.8) is 0 Å². The van der Waals surface area contributed by atoms with E-state index in [9.17, 15) is 0 Å². The Bertz CT molecular complexity index is 913. The molecule has 5 nitrogen and oxygen atoms in total. The van der Waals surface area contributed by atoms with E-state index in [-0.39, 0.29) is 0 Å². The number of nitrogens with one attached hydrogen (secondary N) is 2. The lowest BCUT2D eigenvalue weighted by molar-refractivity contribution is 0.461. The molecule has 1 aliphatic carbocycles. The van der Waals surface area contributed by atoms with E-state index >= 15 is 0 Å². The Labute approximate surface area is 166 Å². The van der Waals surface area contributed by atoms with Crippen molar-refractivity contribution < 1.29 is 0 Å². The minimum Gasteiger partial charge on any atom is -0.351 e. The normalized spacial score (nSPS) is 14.6. The van der Waals surface area contributed by atoms with Gasteiger partial charge in [0.05, 0.1) is 5.69 Å². The SMILES string of the molecule is Cc1cc(C)cc(Nc2cc(-c3cccnc3)nc(NC3CCCCC3)n2)c1. The maximum absolute atomic E-state index is 4.77. The minimum absolute atomic E-state index is 0.451. The number of hydrogen-bond donors (Lipinski definition) is 2. The van der Waals surface area contributed by atoms with Crippen LogP contribution in [0.4, 0.5) is 17.5 Å². The third-order valence-electron chi connectivity index (χ3n) is 5.12. The lowest BCUT2D eigenvalue weighted by Crippen LogP contribution is -2.23. The van der Waals surface area contributed by atoms with Crippen LogP contribution in [0.25, 0.3) is 11.3 Å². The highest BCUT2D eigenvalue weighted by Crippen LogP contribution is 2.26. The van der Waals surface area contributed by atoms with E-state index < -0.39 is 0 Å². The maximum atomic E-state index is 4.77. The van der Waals surface area contributed by atoms with Crippen molar-refractivity contribution in [3.05, 3.63) is 59.9 Å². The van der Waals surface area contributed by atoms with Crippen molar-refractivity contribution in [1.82, 2.24) is 15.0 Å². The molecule has 4 rings (SSSR count). The molecule has 3 aromatic rings. The number of aromatic nitrogens is 3. The average molecular weight is 374 g/mol. The first-order chi connectivity index (χ1) is 13.7. The molecule has 0 saturated heterocycles. The van der Waals surface area contributed by atoms with Crippen molar-refractivity contribution in [2.24, 2.45) is 0 Å². The number of nitrogens with zero attached hydrogens (tertiary/aromatic N) is 3. The van der Waals surface area contributed by atoms with Gasteiger partial charge in [0.2, 0.25) is 5.95 Å². The number of benzene rings is 1. The van der Waals surface area contributed by atoms with Crippen LogP contribution in [0.5, 0.6) is 0 Å². The number of pyridine rings is 1. The first-order valence-electron chi connectivity index (χ1n) is 10.1. The topological polar surface area (TPSA) is 62.7 Å². The lowest BCUT2D eigenvalue weighted by Gasteiger charge is -2.23. The van der Waals surface area contributed by atoms with E-state index in [1.807, 2.05) is 24.4 Å². The van der Waals surface area contributed by atoms with Gasteiger partial charge >= 0.3 is 0 Å². The molecule has 0 radical (unpaired) electrons. The van der Waals surface area contributed by atoms with E-state index in [1.165, 1.54) is 43.2 Å². The minimum atomic E-state index is 0.451. The second-order valence-corrected chi connectivity index (χ2v) is 7.68. The average Bonchev–Trinajstić information content (AvgIpc) is 2.68. The van der Waals surface area contributed by atoms with Gasteiger partial charge in [0.1, 0.15) is 5.82 Å². The Balaban J connectivity index is 1.66. The molecular formula is C23H27N5. The van der Waals surface area contributed by atoms with Crippen LogP contribution in [-0.2, 0) is 0 Å². The summed E-state index contributed by atoms with van der Waals surface area (Å²) in [4.78, 5) is 13.8. The van der Waals surface area contributed by atoms with E-state index in [0.717, 1.165) is 22.8 Å². The third-order valence-corrected chi connectivity index (χ3v) is 5.12. The van der Waals surface area contributed by atoms with Crippen molar-refractivity contribution >= 4 is 17.5 Å². The summed E-state index contributed by atoms with van der Waals surface area (Å²) < 4.78 is 0. The summed E-state index contributed by atoms with van der Waals surface area (Å²) in [6, 6.07) is 12.8. The lowest BCUT2D eigenvalue weighted by atomic mass is 9.96. The largest absolute Gasteiger partial charge is 0.351 e. The van der Waals surface area contributed by atoms with Gasteiger partial charge in [-0.3, -0.25) is 4.98 Å². The Morgan fingerprint density at radius 1 is 0.929 bits per heavy atom. The van der Waals surface area contributed by atoms with E-state index in [2.05, 4.69) is 47.7 Å². The molecule has 0 atom stereocenters. The molecule has 144 valence electrons. The molecule has 1 aromatic carbocycles. The summed E-state index contributed by atoms with van der Waals surface area (Å²) in [5.74, 6) is 1.47. The summed E-state index contributed by atoms with van der Waals surface area (Å²) in [5.41, 5.74) is 5.35. The highest BCUT2D eigenvalue weighted by atomic mass is 15.2. The fourth-order valence-corrected chi connectivity index (χ4v) is 3.86. The van der Waals surface area contributed by atoms with Crippen LogP contribution in [0.3, 0.4) is 0 Å². The molecule has 0 aliphatic heterocycles. The van der Waals surface area contributed by atoms with Gasteiger partial charge in [-0.2, -0.15) is 4.98 Å². The summed E-state index contributed by atoms with van der Waals surface area (Å²) >= 11 is 0. The Morgan fingerprint density at radius 2 is 1.71 bits per heavy atom. The summed E-state index contributed by atoms with van der Waals surface area (Å²) in [5, 5.41) is 7.02. The van der Waals surface area contributed by atoms with Crippen LogP contribution in [0.2, 0.25) is 0 Å². The summed E-state index contributed by atoms with van der Waals surface area (Å²) in [6.07, 6.45) is 9.85. The van der Waals surface area contributed by atoms with Crippen LogP contribution in [-0.4, -0.2) is 21.0 Å². The van der Waals surface area contributed by atoms with Gasteiger partial charge in [-0.1, -0.05) is 25.3 Å². The maximum Gasteiger partial charge on any atom is 0.225 e. The molecule has 0 bridgehead atoms. The van der Waals surface area contributed by atoms with Crippen LogP contribution in [0.1, 0.15) is 43.2 Å². The zero-order valence-corrected chi connectivity index (χ0v) is 16.6. The Kier molecular flexibility index (Phi) is 5.51. The van der Waals surface area contributed by atoms with Gasteiger partial charge in [0, 0.05) is 35.8 Å². The van der Waals surface area contributed by atoms with Crippen molar-refractivity contribution in [2.45, 2.75) is 52.0 Å². The fraction of sp³-hybridized carbons (Fsp3) is 0.348. The highest BCUT2D eigenvalue weighted by molar-refractivity contribution is 5.67. The number of hydrogen-bond acceptors (Lipinski definition) is 5. The molecule has 1 aliphatic rings. The van der Waals surface area contributed by atoms with E-state index in [4.69, 9.17) is 9.97 Å². The number of aryl methyl sites for hydroxylation is 2. The quantitative estimate of drug-likeness (QED) is 0.605. The van der Waals surface area contributed by atoms with Crippen LogP contribution >= 0.6 is 0 Å². The van der Waals surface area contributed by atoms with E-state index in [0.29, 0.717) is 12.0 Å². The molecule has 2 heterocycles. The molecule has 2 N–H and O–H groups in total. The van der Waals surface area contributed by atoms with Gasteiger partial charge in [0.25, 0.3) is 0 Å². The zero-order chi connectivity index (χ0) is 19.3. The van der Waals surface area contributed by atoms with Crippen molar-refractivity contribution in [1.29, 1.82) is 0 Å². The predicted molar refractivity (Wildman–Crippen MR) is 115 cm³/mol. The molecule has 0 spiro atoms. The van der Waals surface area contributed by atoms with Gasteiger partial charge < -0.3 is 10.6 Å². The number of rotatable bonds is 5. The molecule has 0 unspecified atom stereocenters. The summed E-state index contributed by atoms with van der Waals surface area (Å²) in [7, 11) is 0. The molecule has 1 saturated carbocycles. The molecule has 1 fully saturated rings. The van der Waals surface area contributed by atoms with Crippen molar-refractivity contribution in [2.75, 3.05) is 10.6 Å². The zero-order valence-electron chi connectivity index (χ0n) is 16.6. The first kappa shape index (κ1) is 18.4. The monoisotopic (exact) mass is 373 g/mol. The molecule has 0 amide bonds. The van der Waals surface area contributed by atoms with Gasteiger partial charge in [-0.25, -0.2) is 4.98 Å². The highest BCUT2D eigenvalue weighted by Gasteiger charge is 2.15. The third kappa shape index (κ3) is 4.66. The van der Waals surface area contributed by atoms with Crippen molar-refractivity contribution in [3.8, 4) is 11.3 Å². The smallest absolute Gasteiger partial charge is 0.225 e. The number of anilines is 3. The predicted octanol–water partition coefficient (Wildman–Crippen LogP) is 5.64. The van der Waals surface area contributed by atoms with E-state index in [1.54, 1.807) is 6.20 Å². The molecule has 5 heteroatoms. The van der Waals surface area contributed by atoms with Crippen LogP contribution in [0.15, 0.2) is 48.8 Å². The van der Waals surface area contributed by atoms with Gasteiger partial charge in [-0.05, 0) is 62.1 Å². The van der Waals surface area contributed by atoms with Crippen LogP contribution in [0, 0.1) is 13.8 Å². The van der Waals surface area contributed by atoms with Gasteiger partial charge in [0.15, 0.2) is 0 Å². The standard InChI is InChI=1S/C23H27N5/c1-16-11-17(2)13-20(12-16)25-22-14-21(18-7-6-10-24-15-18)27-23(28-22)26-19-8-4-3-5-9-19/h6-7,10-15,19H,3-5,8-9H2,1-2H3,(H2,25,26,27,28). The summed E-state index contributed by atoms with van der Waals surface area (Å²) in [6.45, 7) is 4.21. The molecule has 28 heavy (non-hydrogen) atoms. The second kappa shape index (κ2) is 8.38. The second-order valence-electron chi connectivity index (χ2n) is 7.68.